The highest BCUT2D eigenvalue weighted by molar-refractivity contribution is 5.94. The van der Waals surface area contributed by atoms with Crippen molar-refractivity contribution in [2.24, 2.45) is 0 Å². The van der Waals surface area contributed by atoms with Crippen molar-refractivity contribution in [1.29, 1.82) is 0 Å². The first-order chi connectivity index (χ1) is 12.7. The molecule has 2 heterocycles. The molecule has 134 valence electrons. The van der Waals surface area contributed by atoms with E-state index in [-0.39, 0.29) is 6.61 Å². The fourth-order valence-electron chi connectivity index (χ4n) is 3.72. The fraction of sp³-hybridized carbons (Fsp3) is 0.333. The lowest BCUT2D eigenvalue weighted by Gasteiger charge is -2.37. The van der Waals surface area contributed by atoms with Gasteiger partial charge in [0.25, 0.3) is 0 Å². The molecule has 1 aliphatic heterocycles. The number of aromatic nitrogens is 2. The summed E-state index contributed by atoms with van der Waals surface area (Å²) in [7, 11) is 0. The Bertz CT molecular complexity index is 892. The summed E-state index contributed by atoms with van der Waals surface area (Å²) in [6.07, 6.45) is 5.25. The van der Waals surface area contributed by atoms with Gasteiger partial charge in [-0.3, -0.25) is 4.90 Å². The Morgan fingerprint density at radius 1 is 1.04 bits per heavy atom. The quantitative estimate of drug-likeness (QED) is 0.758. The van der Waals surface area contributed by atoms with Gasteiger partial charge < -0.3 is 10.2 Å². The van der Waals surface area contributed by atoms with Gasteiger partial charge in [-0.1, -0.05) is 42.5 Å². The summed E-state index contributed by atoms with van der Waals surface area (Å²) < 4.78 is 0. The second-order valence-corrected chi connectivity index (χ2v) is 7.14. The molecule has 5 nitrogen and oxygen atoms in total. The molecule has 1 fully saturated rings. The molecule has 26 heavy (non-hydrogen) atoms. The highest BCUT2D eigenvalue weighted by Gasteiger charge is 2.32. The number of likely N-dealkylation sites (tertiary alicyclic amines) is 1. The summed E-state index contributed by atoms with van der Waals surface area (Å²) in [5.41, 5.74) is 1.06. The van der Waals surface area contributed by atoms with Gasteiger partial charge in [-0.25, -0.2) is 9.97 Å². The molecule has 2 aromatic carbocycles. The maximum atomic E-state index is 10.3. The Kier molecular flexibility index (Phi) is 4.68. The number of fused-ring (bicyclic) bond motifs is 1. The SMILES string of the molecule is OCC1(O)CCCN(Cc2cnc(-c3cccc4ccccc34)nc2)C1. The second kappa shape index (κ2) is 7.11. The number of rotatable bonds is 4. The van der Waals surface area contributed by atoms with Crippen LogP contribution in [-0.2, 0) is 6.54 Å². The van der Waals surface area contributed by atoms with E-state index in [4.69, 9.17) is 0 Å². The first-order valence-electron chi connectivity index (χ1n) is 9.02. The molecular formula is C21H23N3O2. The third-order valence-corrected chi connectivity index (χ3v) is 5.07. The van der Waals surface area contributed by atoms with Crippen LogP contribution in [0, 0.1) is 0 Å². The molecule has 1 unspecified atom stereocenters. The van der Waals surface area contributed by atoms with E-state index < -0.39 is 5.60 Å². The topological polar surface area (TPSA) is 69.5 Å². The van der Waals surface area contributed by atoms with Crippen molar-refractivity contribution >= 4 is 10.8 Å². The Morgan fingerprint density at radius 2 is 1.81 bits per heavy atom. The van der Waals surface area contributed by atoms with Gasteiger partial charge in [-0.2, -0.15) is 0 Å². The van der Waals surface area contributed by atoms with Crippen LogP contribution in [0.1, 0.15) is 18.4 Å². The van der Waals surface area contributed by atoms with E-state index in [1.165, 1.54) is 5.39 Å². The van der Waals surface area contributed by atoms with Crippen molar-refractivity contribution in [1.82, 2.24) is 14.9 Å². The Morgan fingerprint density at radius 3 is 2.62 bits per heavy atom. The highest BCUT2D eigenvalue weighted by Crippen LogP contribution is 2.26. The molecule has 0 saturated carbocycles. The molecule has 1 aromatic heterocycles. The van der Waals surface area contributed by atoms with Crippen molar-refractivity contribution < 1.29 is 10.2 Å². The van der Waals surface area contributed by atoms with Gasteiger partial charge in [0.15, 0.2) is 5.82 Å². The average molecular weight is 349 g/mol. The van der Waals surface area contributed by atoms with Crippen LogP contribution in [0.3, 0.4) is 0 Å². The summed E-state index contributed by atoms with van der Waals surface area (Å²) in [5.74, 6) is 0.719. The zero-order valence-electron chi connectivity index (χ0n) is 14.7. The largest absolute Gasteiger partial charge is 0.393 e. The standard InChI is InChI=1S/C21H23N3O2/c25-15-21(26)9-4-10-24(14-21)13-16-11-22-20(23-12-16)19-8-3-6-17-5-1-2-7-18(17)19/h1-3,5-8,11-12,25-26H,4,9-10,13-15H2. The monoisotopic (exact) mass is 349 g/mol. The summed E-state index contributed by atoms with van der Waals surface area (Å²) in [6, 6.07) is 14.4. The predicted octanol–water partition coefficient (Wildman–Crippen LogP) is 2.62. The first-order valence-corrected chi connectivity index (χ1v) is 9.02. The maximum absolute atomic E-state index is 10.3. The summed E-state index contributed by atoms with van der Waals surface area (Å²) in [6.45, 7) is 1.88. The minimum absolute atomic E-state index is 0.194. The van der Waals surface area contributed by atoms with Crippen molar-refractivity contribution in [2.45, 2.75) is 25.0 Å². The van der Waals surface area contributed by atoms with Crippen LogP contribution in [0.15, 0.2) is 54.9 Å². The van der Waals surface area contributed by atoms with Gasteiger partial charge >= 0.3 is 0 Å². The van der Waals surface area contributed by atoms with E-state index in [0.717, 1.165) is 35.3 Å². The number of nitrogens with zero attached hydrogens (tertiary/aromatic N) is 3. The molecule has 0 spiro atoms. The van der Waals surface area contributed by atoms with Crippen LogP contribution in [0.2, 0.25) is 0 Å². The lowest BCUT2D eigenvalue weighted by atomic mass is 9.93. The summed E-state index contributed by atoms with van der Waals surface area (Å²) >= 11 is 0. The molecule has 0 bridgehead atoms. The van der Waals surface area contributed by atoms with Gasteiger partial charge in [0.05, 0.1) is 6.61 Å². The number of piperidine rings is 1. The Labute approximate surface area is 153 Å². The third kappa shape index (κ3) is 3.46. The van der Waals surface area contributed by atoms with Crippen molar-refractivity contribution in [2.75, 3.05) is 19.7 Å². The van der Waals surface area contributed by atoms with Crippen LogP contribution in [0.25, 0.3) is 22.2 Å². The van der Waals surface area contributed by atoms with E-state index in [2.05, 4.69) is 33.1 Å². The summed E-state index contributed by atoms with van der Waals surface area (Å²) in [4.78, 5) is 11.3. The number of aliphatic hydroxyl groups is 2. The molecule has 1 saturated heterocycles. The minimum atomic E-state index is -0.984. The van der Waals surface area contributed by atoms with E-state index in [1.807, 2.05) is 36.7 Å². The molecule has 0 amide bonds. The maximum Gasteiger partial charge on any atom is 0.159 e. The Balaban J connectivity index is 1.54. The molecule has 1 aliphatic rings. The molecule has 3 aromatic rings. The lowest BCUT2D eigenvalue weighted by molar-refractivity contribution is -0.0687. The fourth-order valence-corrected chi connectivity index (χ4v) is 3.72. The van der Waals surface area contributed by atoms with Gasteiger partial charge in [0.2, 0.25) is 0 Å². The van der Waals surface area contributed by atoms with Crippen molar-refractivity contribution in [3.63, 3.8) is 0 Å². The van der Waals surface area contributed by atoms with Crippen LogP contribution in [0.5, 0.6) is 0 Å². The van der Waals surface area contributed by atoms with Crippen LogP contribution < -0.4 is 0 Å². The van der Waals surface area contributed by atoms with Crippen molar-refractivity contribution in [3.05, 3.63) is 60.4 Å². The smallest absolute Gasteiger partial charge is 0.159 e. The van der Waals surface area contributed by atoms with Gasteiger partial charge in [-0.05, 0) is 30.2 Å². The molecule has 1 atom stereocenters. The predicted molar refractivity (Wildman–Crippen MR) is 102 cm³/mol. The van der Waals surface area contributed by atoms with Gasteiger partial charge in [0, 0.05) is 36.6 Å². The van der Waals surface area contributed by atoms with Crippen molar-refractivity contribution in [3.8, 4) is 11.4 Å². The lowest BCUT2D eigenvalue weighted by Crippen LogP contribution is -2.50. The van der Waals surface area contributed by atoms with Crippen LogP contribution in [0.4, 0.5) is 0 Å². The van der Waals surface area contributed by atoms with E-state index >= 15 is 0 Å². The molecule has 0 radical (unpaired) electrons. The Hall–Kier alpha value is -2.34. The second-order valence-electron chi connectivity index (χ2n) is 7.14. The number of hydrogen-bond acceptors (Lipinski definition) is 5. The van der Waals surface area contributed by atoms with E-state index in [1.54, 1.807) is 0 Å². The molecule has 4 rings (SSSR count). The molecule has 5 heteroatoms. The van der Waals surface area contributed by atoms with E-state index in [9.17, 15) is 10.2 Å². The number of aliphatic hydroxyl groups excluding tert-OH is 1. The number of benzene rings is 2. The van der Waals surface area contributed by atoms with Gasteiger partial charge in [-0.15, -0.1) is 0 Å². The highest BCUT2D eigenvalue weighted by atomic mass is 16.3. The van der Waals surface area contributed by atoms with Gasteiger partial charge in [0.1, 0.15) is 5.60 Å². The minimum Gasteiger partial charge on any atom is -0.393 e. The zero-order chi connectivity index (χ0) is 18.0. The number of β-amino-alcohol motifs (C(OH)–C–C–N with tert-alkyl or cyclic N) is 1. The molecular weight excluding hydrogens is 326 g/mol. The summed E-state index contributed by atoms with van der Waals surface area (Å²) in [5, 5.41) is 22.0. The average Bonchev–Trinajstić information content (AvgIpc) is 2.68. The first kappa shape index (κ1) is 17.1. The van der Waals surface area contributed by atoms with Crippen LogP contribution >= 0.6 is 0 Å². The molecule has 0 aliphatic carbocycles. The third-order valence-electron chi connectivity index (χ3n) is 5.07. The zero-order valence-corrected chi connectivity index (χ0v) is 14.7. The molecule has 2 N–H and O–H groups in total. The number of hydrogen-bond donors (Lipinski definition) is 2. The van der Waals surface area contributed by atoms with Crippen LogP contribution in [-0.4, -0.2) is 50.4 Å². The normalized spacial score (nSPS) is 21.2. The van der Waals surface area contributed by atoms with E-state index in [0.29, 0.717) is 19.5 Å².